The number of carbonyl (C=O) groups excluding carboxylic acids is 2. The molecule has 2 aromatic heterocycles. The summed E-state index contributed by atoms with van der Waals surface area (Å²) in [5.41, 5.74) is 1.24. The fourth-order valence-electron chi connectivity index (χ4n) is 3.06. The number of carbonyl (C=O) groups is 2. The first-order chi connectivity index (χ1) is 14.0. The van der Waals surface area contributed by atoms with Crippen LogP contribution in [0.25, 0.3) is 17.1 Å². The minimum Gasteiger partial charge on any atom is -0.442 e. The van der Waals surface area contributed by atoms with Crippen molar-refractivity contribution in [1.29, 1.82) is 0 Å². The molecule has 0 unspecified atom stereocenters. The predicted molar refractivity (Wildman–Crippen MR) is 103 cm³/mol. The maximum atomic E-state index is 14.7. The van der Waals surface area contributed by atoms with Crippen molar-refractivity contribution in [2.45, 2.75) is 13.0 Å². The summed E-state index contributed by atoms with van der Waals surface area (Å²) in [4.78, 5) is 33.0. The molecule has 0 bridgehead atoms. The van der Waals surface area contributed by atoms with Crippen LogP contribution in [0.15, 0.2) is 55.1 Å². The predicted octanol–water partition coefficient (Wildman–Crippen LogP) is 2.53. The topological polar surface area (TPSA) is 89.4 Å². The zero-order valence-corrected chi connectivity index (χ0v) is 15.6. The van der Waals surface area contributed by atoms with Gasteiger partial charge in [0, 0.05) is 42.8 Å². The molecule has 1 fully saturated rings. The average molecular weight is 395 g/mol. The van der Waals surface area contributed by atoms with Gasteiger partial charge in [-0.2, -0.15) is 0 Å². The fraction of sp³-hybridized carbons (Fsp3) is 0.200. The Hall–Kier alpha value is -3.75. The van der Waals surface area contributed by atoms with Gasteiger partial charge in [-0.15, -0.1) is 0 Å². The molecule has 0 spiro atoms. The van der Waals surface area contributed by atoms with Crippen LogP contribution in [0.3, 0.4) is 0 Å². The van der Waals surface area contributed by atoms with Gasteiger partial charge in [0.05, 0.1) is 18.8 Å². The van der Waals surface area contributed by atoms with Gasteiger partial charge in [-0.3, -0.25) is 14.3 Å². The zero-order valence-electron chi connectivity index (χ0n) is 15.6. The lowest BCUT2D eigenvalue weighted by atomic mass is 10.1. The van der Waals surface area contributed by atoms with Gasteiger partial charge in [-0.25, -0.2) is 19.2 Å². The Bertz CT molecular complexity index is 1040. The number of hydrogen-bond donors (Lipinski definition) is 1. The molecule has 0 saturated carbocycles. The van der Waals surface area contributed by atoms with Crippen molar-refractivity contribution in [3.8, 4) is 17.1 Å². The second-order valence-electron chi connectivity index (χ2n) is 6.58. The van der Waals surface area contributed by atoms with Gasteiger partial charge in [-0.1, -0.05) is 0 Å². The summed E-state index contributed by atoms with van der Waals surface area (Å²) in [7, 11) is 0. The van der Waals surface area contributed by atoms with Crippen LogP contribution in [-0.2, 0) is 9.53 Å². The van der Waals surface area contributed by atoms with E-state index >= 15 is 0 Å². The number of nitrogens with zero attached hydrogens (tertiary/aromatic N) is 4. The number of anilines is 1. The Kier molecular flexibility index (Phi) is 4.94. The molecule has 8 nitrogen and oxygen atoms in total. The second kappa shape index (κ2) is 7.70. The molecule has 2 amide bonds. The Morgan fingerprint density at radius 2 is 2.00 bits per heavy atom. The highest BCUT2D eigenvalue weighted by Crippen LogP contribution is 2.28. The number of ether oxygens (including phenoxy) is 1. The Balaban J connectivity index is 1.51. The lowest BCUT2D eigenvalue weighted by molar-refractivity contribution is -0.119. The molecule has 4 rings (SSSR count). The van der Waals surface area contributed by atoms with Crippen molar-refractivity contribution in [1.82, 2.24) is 19.9 Å². The first-order valence-corrected chi connectivity index (χ1v) is 8.99. The monoisotopic (exact) mass is 395 g/mol. The maximum Gasteiger partial charge on any atom is 0.414 e. The van der Waals surface area contributed by atoms with Crippen LogP contribution in [0, 0.1) is 5.82 Å². The number of benzene rings is 1. The summed E-state index contributed by atoms with van der Waals surface area (Å²) >= 11 is 0. The van der Waals surface area contributed by atoms with E-state index in [1.54, 1.807) is 29.1 Å². The van der Waals surface area contributed by atoms with Crippen LogP contribution >= 0.6 is 0 Å². The summed E-state index contributed by atoms with van der Waals surface area (Å²) < 4.78 is 21.7. The van der Waals surface area contributed by atoms with E-state index in [-0.39, 0.29) is 19.0 Å². The number of amides is 2. The van der Waals surface area contributed by atoms with Crippen LogP contribution in [0.2, 0.25) is 0 Å². The standard InChI is InChI=1S/C20H18FN5O3/c1-13(27)22-11-16-12-26(20(28)29-16)15-4-5-17(18(21)8-15)14-9-23-19(24-10-14)25-6-2-3-7-25/h2-10,16H,11-12H2,1H3,(H,22,27)/t16-/m0/s1. The summed E-state index contributed by atoms with van der Waals surface area (Å²) in [6.07, 6.45) is 5.68. The Morgan fingerprint density at radius 3 is 2.66 bits per heavy atom. The van der Waals surface area contributed by atoms with Gasteiger partial charge < -0.3 is 10.1 Å². The van der Waals surface area contributed by atoms with Gasteiger partial charge in [0.15, 0.2) is 0 Å². The first kappa shape index (κ1) is 18.6. The molecular formula is C20H18FN5O3. The van der Waals surface area contributed by atoms with Gasteiger partial charge in [-0.05, 0) is 30.3 Å². The number of hydrogen-bond acceptors (Lipinski definition) is 5. The van der Waals surface area contributed by atoms with Crippen molar-refractivity contribution < 1.29 is 18.7 Å². The highest BCUT2D eigenvalue weighted by Gasteiger charge is 2.32. The summed E-state index contributed by atoms with van der Waals surface area (Å²) in [6.45, 7) is 1.83. The molecule has 29 heavy (non-hydrogen) atoms. The molecule has 0 radical (unpaired) electrons. The summed E-state index contributed by atoms with van der Waals surface area (Å²) in [5, 5.41) is 2.60. The van der Waals surface area contributed by atoms with Crippen LogP contribution in [0.1, 0.15) is 6.92 Å². The lowest BCUT2D eigenvalue weighted by Crippen LogP contribution is -2.33. The molecule has 3 heterocycles. The molecule has 1 saturated heterocycles. The van der Waals surface area contributed by atoms with Crippen LogP contribution in [0.5, 0.6) is 0 Å². The normalized spacial score (nSPS) is 16.0. The van der Waals surface area contributed by atoms with Crippen molar-refractivity contribution in [2.24, 2.45) is 0 Å². The van der Waals surface area contributed by atoms with Gasteiger partial charge >= 0.3 is 6.09 Å². The molecule has 148 valence electrons. The van der Waals surface area contributed by atoms with Crippen LogP contribution < -0.4 is 10.2 Å². The Morgan fingerprint density at radius 1 is 1.28 bits per heavy atom. The SMILES string of the molecule is CC(=O)NC[C@H]1CN(c2ccc(-c3cnc(-n4cccc4)nc3)c(F)c2)C(=O)O1. The van der Waals surface area contributed by atoms with Crippen molar-refractivity contribution in [2.75, 3.05) is 18.0 Å². The van der Waals surface area contributed by atoms with E-state index in [1.165, 1.54) is 17.9 Å². The van der Waals surface area contributed by atoms with E-state index in [1.807, 2.05) is 24.5 Å². The van der Waals surface area contributed by atoms with Crippen LogP contribution in [-0.4, -0.2) is 45.7 Å². The largest absolute Gasteiger partial charge is 0.442 e. The number of nitrogens with one attached hydrogen (secondary N) is 1. The average Bonchev–Trinajstić information content (AvgIpc) is 3.36. The van der Waals surface area contributed by atoms with Crippen molar-refractivity contribution in [3.05, 3.63) is 60.9 Å². The van der Waals surface area contributed by atoms with E-state index in [0.717, 1.165) is 0 Å². The highest BCUT2D eigenvalue weighted by molar-refractivity contribution is 5.90. The van der Waals surface area contributed by atoms with Gasteiger partial charge in [0.1, 0.15) is 11.9 Å². The molecule has 3 aromatic rings. The fourth-order valence-corrected chi connectivity index (χ4v) is 3.06. The first-order valence-electron chi connectivity index (χ1n) is 8.99. The van der Waals surface area contributed by atoms with Crippen molar-refractivity contribution in [3.63, 3.8) is 0 Å². The minimum atomic E-state index is -0.577. The van der Waals surface area contributed by atoms with Gasteiger partial charge in [0.25, 0.3) is 0 Å². The summed E-state index contributed by atoms with van der Waals surface area (Å²) in [5.74, 6) is -0.223. The molecule has 0 aliphatic carbocycles. The minimum absolute atomic E-state index is 0.208. The molecule has 1 atom stereocenters. The lowest BCUT2D eigenvalue weighted by Gasteiger charge is -2.14. The highest BCUT2D eigenvalue weighted by atomic mass is 19.1. The number of aromatic nitrogens is 3. The maximum absolute atomic E-state index is 14.7. The van der Waals surface area contributed by atoms with E-state index in [0.29, 0.717) is 22.8 Å². The third-order valence-electron chi connectivity index (χ3n) is 4.50. The van der Waals surface area contributed by atoms with E-state index in [2.05, 4.69) is 15.3 Å². The quantitative estimate of drug-likeness (QED) is 0.717. The second-order valence-corrected chi connectivity index (χ2v) is 6.58. The number of halogens is 1. The van der Waals surface area contributed by atoms with Crippen LogP contribution in [0.4, 0.5) is 14.9 Å². The third-order valence-corrected chi connectivity index (χ3v) is 4.50. The molecule has 1 N–H and O–H groups in total. The molecule has 1 aliphatic heterocycles. The van der Waals surface area contributed by atoms with E-state index < -0.39 is 18.0 Å². The zero-order chi connectivity index (χ0) is 20.4. The van der Waals surface area contributed by atoms with Gasteiger partial charge in [0.2, 0.25) is 11.9 Å². The molecule has 9 heteroatoms. The van der Waals surface area contributed by atoms with E-state index in [9.17, 15) is 14.0 Å². The van der Waals surface area contributed by atoms with E-state index in [4.69, 9.17) is 4.74 Å². The molecular weight excluding hydrogens is 377 g/mol. The van der Waals surface area contributed by atoms with Crippen molar-refractivity contribution >= 4 is 17.7 Å². The Labute approximate surface area is 165 Å². The third kappa shape index (κ3) is 3.93. The molecule has 1 aliphatic rings. The summed E-state index contributed by atoms with van der Waals surface area (Å²) in [6, 6.07) is 8.21. The number of cyclic esters (lactones) is 1. The molecule has 1 aromatic carbocycles. The number of rotatable bonds is 5. The smallest absolute Gasteiger partial charge is 0.414 e.